The maximum atomic E-state index is 12.4. The molecule has 0 radical (unpaired) electrons. The van der Waals surface area contributed by atoms with E-state index in [0.717, 1.165) is 11.4 Å². The van der Waals surface area contributed by atoms with E-state index in [4.69, 9.17) is 11.6 Å². The summed E-state index contributed by atoms with van der Waals surface area (Å²) >= 11 is 6.13. The van der Waals surface area contributed by atoms with E-state index < -0.39 is 0 Å². The van der Waals surface area contributed by atoms with Gasteiger partial charge in [0.15, 0.2) is 0 Å². The Labute approximate surface area is 163 Å². The van der Waals surface area contributed by atoms with Crippen molar-refractivity contribution in [3.8, 4) is 0 Å². The summed E-state index contributed by atoms with van der Waals surface area (Å²) in [5.74, 6) is -0.191. The molecule has 2 amide bonds. The Morgan fingerprint density at radius 3 is 2.70 bits per heavy atom. The van der Waals surface area contributed by atoms with Crippen LogP contribution in [0.1, 0.15) is 28.2 Å². The van der Waals surface area contributed by atoms with Crippen LogP contribution < -0.4 is 16.0 Å². The number of benzene rings is 1. The van der Waals surface area contributed by atoms with Crippen LogP contribution >= 0.6 is 11.6 Å². The normalized spacial score (nSPS) is 19.1. The maximum Gasteiger partial charge on any atom is 0.251 e. The molecule has 1 aliphatic heterocycles. The molecule has 1 aromatic heterocycles. The van der Waals surface area contributed by atoms with Crippen LogP contribution in [0, 0.1) is 13.8 Å². The zero-order chi connectivity index (χ0) is 19.4. The third-order valence-electron chi connectivity index (χ3n) is 4.73. The molecule has 1 aliphatic rings. The average Bonchev–Trinajstić information content (AvgIpc) is 3.23. The van der Waals surface area contributed by atoms with Crippen molar-refractivity contribution in [2.45, 2.75) is 38.9 Å². The van der Waals surface area contributed by atoms with Crippen LogP contribution in [0.3, 0.4) is 0 Å². The number of nitrogens with one attached hydrogen (secondary N) is 3. The molecule has 27 heavy (non-hydrogen) atoms. The van der Waals surface area contributed by atoms with Gasteiger partial charge in [-0.3, -0.25) is 14.3 Å². The summed E-state index contributed by atoms with van der Waals surface area (Å²) in [5.41, 5.74) is 2.30. The molecule has 7 nitrogen and oxygen atoms in total. The van der Waals surface area contributed by atoms with E-state index in [1.165, 1.54) is 0 Å². The molecule has 8 heteroatoms. The number of halogens is 1. The Balaban J connectivity index is 1.43. The highest BCUT2D eigenvalue weighted by molar-refractivity contribution is 6.31. The minimum Gasteiger partial charge on any atom is -0.353 e. The van der Waals surface area contributed by atoms with Gasteiger partial charge in [0.1, 0.15) is 0 Å². The van der Waals surface area contributed by atoms with E-state index in [2.05, 4.69) is 21.0 Å². The van der Waals surface area contributed by atoms with Crippen LogP contribution in [0.15, 0.2) is 30.3 Å². The maximum absolute atomic E-state index is 12.4. The topological polar surface area (TPSA) is 88.1 Å². The zero-order valence-corrected chi connectivity index (χ0v) is 16.2. The second kappa shape index (κ2) is 8.54. The van der Waals surface area contributed by atoms with Gasteiger partial charge in [-0.05, 0) is 32.4 Å². The van der Waals surface area contributed by atoms with Gasteiger partial charge < -0.3 is 16.0 Å². The molecular weight excluding hydrogens is 366 g/mol. The molecule has 0 spiro atoms. The smallest absolute Gasteiger partial charge is 0.251 e. The first-order chi connectivity index (χ1) is 13.0. The lowest BCUT2D eigenvalue weighted by molar-refractivity contribution is -0.122. The largest absolute Gasteiger partial charge is 0.353 e. The molecule has 3 rings (SSSR count). The number of carbonyl (C=O) groups is 2. The Kier molecular flexibility index (Phi) is 6.13. The van der Waals surface area contributed by atoms with E-state index in [1.807, 2.05) is 32.0 Å². The molecular formula is C19H24ClN5O2. The Morgan fingerprint density at radius 2 is 2.04 bits per heavy atom. The van der Waals surface area contributed by atoms with E-state index in [-0.39, 0.29) is 23.9 Å². The minimum atomic E-state index is -0.310. The van der Waals surface area contributed by atoms with Crippen LogP contribution in [0.4, 0.5) is 0 Å². The van der Waals surface area contributed by atoms with Crippen molar-refractivity contribution in [1.29, 1.82) is 0 Å². The predicted molar refractivity (Wildman–Crippen MR) is 104 cm³/mol. The Morgan fingerprint density at radius 1 is 1.30 bits per heavy atom. The predicted octanol–water partition coefficient (Wildman–Crippen LogP) is 1.43. The molecule has 144 valence electrons. The SMILES string of the molecule is Cc1nn(CCNC(=O)[C@@H]2C[C@@H](NC(=O)c3ccccc3)CN2)c(C)c1Cl. The summed E-state index contributed by atoms with van der Waals surface area (Å²) in [4.78, 5) is 24.6. The number of amides is 2. The van der Waals surface area contributed by atoms with Crippen molar-refractivity contribution in [2.24, 2.45) is 0 Å². The highest BCUT2D eigenvalue weighted by Gasteiger charge is 2.30. The number of nitrogens with zero attached hydrogens (tertiary/aromatic N) is 2. The van der Waals surface area contributed by atoms with E-state index in [9.17, 15) is 9.59 Å². The number of hydrogen-bond donors (Lipinski definition) is 3. The van der Waals surface area contributed by atoms with Crippen LogP contribution in [-0.2, 0) is 11.3 Å². The second-order valence-electron chi connectivity index (χ2n) is 6.73. The minimum absolute atomic E-state index is 0.0664. The summed E-state index contributed by atoms with van der Waals surface area (Å²) in [6.45, 7) is 5.37. The highest BCUT2D eigenvalue weighted by Crippen LogP contribution is 2.18. The summed E-state index contributed by atoms with van der Waals surface area (Å²) in [6.07, 6.45) is 0.566. The first-order valence-corrected chi connectivity index (χ1v) is 9.40. The number of aryl methyl sites for hydroxylation is 1. The molecule has 0 aliphatic carbocycles. The first kappa shape index (κ1) is 19.4. The van der Waals surface area contributed by atoms with Gasteiger partial charge in [0.25, 0.3) is 5.91 Å². The fourth-order valence-electron chi connectivity index (χ4n) is 3.20. The van der Waals surface area contributed by atoms with Crippen molar-refractivity contribution in [3.63, 3.8) is 0 Å². The highest BCUT2D eigenvalue weighted by atomic mass is 35.5. The van der Waals surface area contributed by atoms with Gasteiger partial charge >= 0.3 is 0 Å². The quantitative estimate of drug-likeness (QED) is 0.697. The van der Waals surface area contributed by atoms with Gasteiger partial charge in [0.05, 0.1) is 29.0 Å². The van der Waals surface area contributed by atoms with Gasteiger partial charge in [-0.1, -0.05) is 29.8 Å². The van der Waals surface area contributed by atoms with Gasteiger partial charge in [0.2, 0.25) is 5.91 Å². The lowest BCUT2D eigenvalue weighted by Crippen LogP contribution is -2.41. The lowest BCUT2D eigenvalue weighted by Gasteiger charge is -2.13. The van der Waals surface area contributed by atoms with Crippen molar-refractivity contribution < 1.29 is 9.59 Å². The van der Waals surface area contributed by atoms with Gasteiger partial charge in [-0.15, -0.1) is 0 Å². The van der Waals surface area contributed by atoms with Gasteiger partial charge in [-0.25, -0.2) is 0 Å². The van der Waals surface area contributed by atoms with E-state index in [0.29, 0.717) is 36.6 Å². The molecule has 0 saturated carbocycles. The molecule has 1 aromatic carbocycles. The standard InChI is InChI=1S/C19H24ClN5O2/c1-12-17(20)13(2)25(24-12)9-8-21-19(27)16-10-15(11-22-16)23-18(26)14-6-4-3-5-7-14/h3-7,15-16,22H,8-11H2,1-2H3,(H,21,27)(H,23,26)/t15-,16+/m1/s1. The second-order valence-corrected chi connectivity index (χ2v) is 7.11. The van der Waals surface area contributed by atoms with Crippen LogP contribution in [0.2, 0.25) is 5.02 Å². The molecule has 0 unspecified atom stereocenters. The monoisotopic (exact) mass is 389 g/mol. The lowest BCUT2D eigenvalue weighted by atomic mass is 10.1. The van der Waals surface area contributed by atoms with Gasteiger partial charge in [0, 0.05) is 24.7 Å². The molecule has 2 atom stereocenters. The third-order valence-corrected chi connectivity index (χ3v) is 5.28. The summed E-state index contributed by atoms with van der Waals surface area (Å²) in [6, 6.07) is 8.69. The fraction of sp³-hybridized carbons (Fsp3) is 0.421. The molecule has 1 fully saturated rings. The average molecular weight is 390 g/mol. The summed E-state index contributed by atoms with van der Waals surface area (Å²) < 4.78 is 1.79. The third kappa shape index (κ3) is 4.67. The van der Waals surface area contributed by atoms with E-state index in [1.54, 1.807) is 16.8 Å². The van der Waals surface area contributed by atoms with Crippen molar-refractivity contribution >= 4 is 23.4 Å². The molecule has 2 aromatic rings. The molecule has 3 N–H and O–H groups in total. The zero-order valence-electron chi connectivity index (χ0n) is 15.5. The molecule has 2 heterocycles. The molecule has 1 saturated heterocycles. The van der Waals surface area contributed by atoms with Crippen LogP contribution in [0.25, 0.3) is 0 Å². The number of rotatable bonds is 6. The van der Waals surface area contributed by atoms with E-state index >= 15 is 0 Å². The van der Waals surface area contributed by atoms with Crippen molar-refractivity contribution in [1.82, 2.24) is 25.7 Å². The van der Waals surface area contributed by atoms with Gasteiger partial charge in [-0.2, -0.15) is 5.10 Å². The number of aromatic nitrogens is 2. The fourth-order valence-corrected chi connectivity index (χ4v) is 3.34. The summed E-state index contributed by atoms with van der Waals surface area (Å²) in [7, 11) is 0. The summed E-state index contributed by atoms with van der Waals surface area (Å²) in [5, 5.41) is 14.1. The number of carbonyl (C=O) groups excluding carboxylic acids is 2. The molecule has 0 bridgehead atoms. The Hall–Kier alpha value is -2.38. The first-order valence-electron chi connectivity index (χ1n) is 9.02. The van der Waals surface area contributed by atoms with Crippen molar-refractivity contribution in [3.05, 3.63) is 52.3 Å². The number of hydrogen-bond acceptors (Lipinski definition) is 4. The van der Waals surface area contributed by atoms with Crippen LogP contribution in [0.5, 0.6) is 0 Å². The van der Waals surface area contributed by atoms with Crippen LogP contribution in [-0.4, -0.2) is 46.8 Å². The Bertz CT molecular complexity index is 821. The van der Waals surface area contributed by atoms with Crippen molar-refractivity contribution in [2.75, 3.05) is 13.1 Å².